The van der Waals surface area contributed by atoms with Gasteiger partial charge in [-0.3, -0.25) is 19.8 Å². The maximum Gasteiger partial charge on any atom is 0.274 e. The fourth-order valence-corrected chi connectivity index (χ4v) is 5.75. The first-order chi connectivity index (χ1) is 15.2. The number of carbonyl (C=O) groups is 1. The fraction of sp³-hybridized carbons (Fsp3) is 0.409. The molecule has 32 heavy (non-hydrogen) atoms. The molecular formula is C22H26N4O5S. The molecule has 170 valence electrons. The molecule has 1 saturated heterocycles. The second-order valence-electron chi connectivity index (χ2n) is 8.27. The molecule has 0 saturated carbocycles. The molecular weight excluding hydrogens is 432 g/mol. The number of amides is 1. The number of benzene rings is 2. The Hall–Kier alpha value is -2.82. The third-order valence-corrected chi connectivity index (χ3v) is 7.99. The van der Waals surface area contributed by atoms with Gasteiger partial charge in [0.15, 0.2) is 0 Å². The zero-order valence-electron chi connectivity index (χ0n) is 17.9. The topological polar surface area (TPSA) is 113 Å². The van der Waals surface area contributed by atoms with Crippen LogP contribution < -0.4 is 5.32 Å². The lowest BCUT2D eigenvalue weighted by Crippen LogP contribution is -2.50. The van der Waals surface area contributed by atoms with Crippen LogP contribution in [-0.4, -0.2) is 61.2 Å². The van der Waals surface area contributed by atoms with Crippen LogP contribution in [0.2, 0.25) is 0 Å². The molecule has 1 N–H and O–H groups in total. The van der Waals surface area contributed by atoms with Crippen LogP contribution in [0.25, 0.3) is 0 Å². The Morgan fingerprint density at radius 3 is 2.50 bits per heavy atom. The number of fused-ring (bicyclic) bond motifs is 1. The van der Waals surface area contributed by atoms with Crippen molar-refractivity contribution in [3.63, 3.8) is 0 Å². The van der Waals surface area contributed by atoms with E-state index in [2.05, 4.69) is 5.32 Å². The number of nitro groups is 1. The predicted molar refractivity (Wildman–Crippen MR) is 120 cm³/mol. The van der Waals surface area contributed by atoms with E-state index < -0.39 is 14.9 Å². The summed E-state index contributed by atoms with van der Waals surface area (Å²) in [5.41, 5.74) is 3.20. The van der Waals surface area contributed by atoms with Crippen molar-refractivity contribution in [1.82, 2.24) is 9.21 Å². The first-order valence-corrected chi connectivity index (χ1v) is 12.1. The number of rotatable bonds is 6. The van der Waals surface area contributed by atoms with Gasteiger partial charge < -0.3 is 5.32 Å². The molecule has 0 radical (unpaired) electrons. The van der Waals surface area contributed by atoms with Crippen LogP contribution in [0.3, 0.4) is 0 Å². The summed E-state index contributed by atoms with van der Waals surface area (Å²) in [6.07, 6.45) is 2.99. The van der Waals surface area contributed by atoms with Crippen LogP contribution >= 0.6 is 0 Å². The lowest BCUT2D eigenvalue weighted by molar-refractivity contribution is -0.385. The molecule has 0 spiro atoms. The maximum absolute atomic E-state index is 13.0. The molecule has 1 fully saturated rings. The van der Waals surface area contributed by atoms with Gasteiger partial charge in [-0.2, -0.15) is 4.31 Å². The van der Waals surface area contributed by atoms with E-state index in [1.54, 1.807) is 31.2 Å². The van der Waals surface area contributed by atoms with Crippen molar-refractivity contribution in [2.24, 2.45) is 0 Å². The highest BCUT2D eigenvalue weighted by Gasteiger charge is 2.30. The molecule has 0 bridgehead atoms. The summed E-state index contributed by atoms with van der Waals surface area (Å²) in [5, 5.41) is 13.8. The number of hydrogen-bond donors (Lipinski definition) is 1. The monoisotopic (exact) mass is 458 g/mol. The highest BCUT2D eigenvalue weighted by atomic mass is 32.2. The first-order valence-electron chi connectivity index (χ1n) is 10.6. The number of carbonyl (C=O) groups excluding carboxylic acids is 1. The zero-order valence-corrected chi connectivity index (χ0v) is 18.7. The van der Waals surface area contributed by atoms with Gasteiger partial charge in [0, 0.05) is 43.5 Å². The Morgan fingerprint density at radius 1 is 1.06 bits per heavy atom. The van der Waals surface area contributed by atoms with E-state index in [0.717, 1.165) is 24.8 Å². The second kappa shape index (κ2) is 8.97. The summed E-state index contributed by atoms with van der Waals surface area (Å²) in [6, 6.07) is 9.98. The van der Waals surface area contributed by atoms with Gasteiger partial charge in [0.2, 0.25) is 15.9 Å². The number of piperazine rings is 1. The molecule has 4 rings (SSSR count). The van der Waals surface area contributed by atoms with Gasteiger partial charge in [-0.15, -0.1) is 0 Å². The molecule has 1 aliphatic carbocycles. The Bertz CT molecular complexity index is 1160. The number of nitro benzene ring substituents is 1. The molecule has 2 aliphatic rings. The van der Waals surface area contributed by atoms with Gasteiger partial charge in [0.1, 0.15) is 0 Å². The largest absolute Gasteiger partial charge is 0.325 e. The van der Waals surface area contributed by atoms with E-state index in [-0.39, 0.29) is 18.1 Å². The van der Waals surface area contributed by atoms with Crippen molar-refractivity contribution in [3.8, 4) is 0 Å². The van der Waals surface area contributed by atoms with Crippen molar-refractivity contribution in [1.29, 1.82) is 0 Å². The van der Waals surface area contributed by atoms with Crippen molar-refractivity contribution in [2.45, 2.75) is 31.1 Å². The number of aryl methyl sites for hydroxylation is 3. The number of sulfonamides is 1. The molecule has 2 aromatic rings. The summed E-state index contributed by atoms with van der Waals surface area (Å²) < 4.78 is 27.6. The third kappa shape index (κ3) is 4.67. The van der Waals surface area contributed by atoms with E-state index in [1.807, 2.05) is 11.0 Å². The summed E-state index contributed by atoms with van der Waals surface area (Å²) >= 11 is 0. The number of nitrogens with zero attached hydrogens (tertiary/aromatic N) is 3. The van der Waals surface area contributed by atoms with Gasteiger partial charge >= 0.3 is 0 Å². The Morgan fingerprint density at radius 2 is 1.78 bits per heavy atom. The predicted octanol–water partition coefficient (Wildman–Crippen LogP) is 2.34. The third-order valence-electron chi connectivity index (χ3n) is 6.10. The number of nitrogens with one attached hydrogen (secondary N) is 1. The normalized spacial score (nSPS) is 17.2. The lowest BCUT2D eigenvalue weighted by Gasteiger charge is -2.33. The molecule has 0 atom stereocenters. The van der Waals surface area contributed by atoms with Crippen molar-refractivity contribution in [2.75, 3.05) is 38.0 Å². The number of anilines is 1. The summed E-state index contributed by atoms with van der Waals surface area (Å²) in [5.74, 6) is -0.293. The van der Waals surface area contributed by atoms with Gasteiger partial charge in [-0.1, -0.05) is 12.1 Å². The molecule has 2 aromatic carbocycles. The van der Waals surface area contributed by atoms with E-state index in [0.29, 0.717) is 42.3 Å². The summed E-state index contributed by atoms with van der Waals surface area (Å²) in [7, 11) is -3.56. The van der Waals surface area contributed by atoms with Crippen LogP contribution in [0.15, 0.2) is 41.3 Å². The van der Waals surface area contributed by atoms with Crippen molar-refractivity contribution >= 4 is 27.3 Å². The van der Waals surface area contributed by atoms with E-state index in [1.165, 1.54) is 15.9 Å². The zero-order chi connectivity index (χ0) is 22.9. The highest BCUT2D eigenvalue weighted by molar-refractivity contribution is 7.89. The second-order valence-corrected chi connectivity index (χ2v) is 10.2. The van der Waals surface area contributed by atoms with E-state index >= 15 is 0 Å². The Labute approximate surface area is 187 Å². The lowest BCUT2D eigenvalue weighted by atomic mass is 10.1. The van der Waals surface area contributed by atoms with Crippen LogP contribution in [0, 0.1) is 17.0 Å². The van der Waals surface area contributed by atoms with Crippen LogP contribution in [0.1, 0.15) is 23.1 Å². The highest BCUT2D eigenvalue weighted by Crippen LogP contribution is 2.27. The van der Waals surface area contributed by atoms with Crippen LogP contribution in [0.5, 0.6) is 0 Å². The molecule has 1 aliphatic heterocycles. The summed E-state index contributed by atoms with van der Waals surface area (Å²) in [4.78, 5) is 25.2. The van der Waals surface area contributed by atoms with Gasteiger partial charge in [-0.05, 0) is 55.5 Å². The Balaban J connectivity index is 1.33. The standard InChI is InChI=1S/C22H26N4O5S/c1-16-5-7-19(14-21(16)26(28)29)23-22(27)15-24-9-11-25(12-10-24)32(30,31)20-8-6-17-3-2-4-18(17)13-20/h5-8,13-14H,2-4,9-12,15H2,1H3,(H,23,27). The quantitative estimate of drug-likeness (QED) is 0.525. The van der Waals surface area contributed by atoms with Gasteiger partial charge in [0.05, 0.1) is 16.4 Å². The van der Waals surface area contributed by atoms with Crippen molar-refractivity contribution < 1.29 is 18.1 Å². The van der Waals surface area contributed by atoms with Crippen LogP contribution in [-0.2, 0) is 27.7 Å². The smallest absolute Gasteiger partial charge is 0.274 e. The SMILES string of the molecule is Cc1ccc(NC(=O)CN2CCN(S(=O)(=O)c3ccc4c(c3)CCC4)CC2)cc1[N+](=O)[O-]. The Kier molecular flexibility index (Phi) is 6.27. The van der Waals surface area contributed by atoms with Crippen molar-refractivity contribution in [3.05, 3.63) is 63.2 Å². The van der Waals surface area contributed by atoms with Crippen LogP contribution in [0.4, 0.5) is 11.4 Å². The maximum atomic E-state index is 13.0. The van der Waals surface area contributed by atoms with E-state index in [4.69, 9.17) is 0 Å². The molecule has 1 amide bonds. The molecule has 0 aromatic heterocycles. The minimum absolute atomic E-state index is 0.0480. The minimum atomic E-state index is -3.56. The average Bonchev–Trinajstić information content (AvgIpc) is 3.23. The number of hydrogen-bond acceptors (Lipinski definition) is 6. The fourth-order valence-electron chi connectivity index (χ4n) is 4.27. The van der Waals surface area contributed by atoms with Gasteiger partial charge in [0.25, 0.3) is 5.69 Å². The summed E-state index contributed by atoms with van der Waals surface area (Å²) in [6.45, 7) is 3.22. The van der Waals surface area contributed by atoms with E-state index in [9.17, 15) is 23.3 Å². The minimum Gasteiger partial charge on any atom is -0.325 e. The van der Waals surface area contributed by atoms with Gasteiger partial charge in [-0.25, -0.2) is 8.42 Å². The molecule has 0 unspecified atom stereocenters. The molecule has 1 heterocycles. The molecule has 9 nitrogen and oxygen atoms in total. The molecule has 10 heteroatoms. The average molecular weight is 459 g/mol. The first kappa shape index (κ1) is 22.4.